The smallest absolute Gasteiger partial charge is 0.410 e. The van der Waals surface area contributed by atoms with Gasteiger partial charge in [-0.15, -0.1) is 0 Å². The van der Waals surface area contributed by atoms with E-state index in [0.29, 0.717) is 12.0 Å². The molecule has 11 heteroatoms. The highest BCUT2D eigenvalue weighted by molar-refractivity contribution is 5.92. The summed E-state index contributed by atoms with van der Waals surface area (Å²) in [6.45, 7) is 8.36. The molecule has 1 saturated heterocycles. The van der Waals surface area contributed by atoms with E-state index in [1.807, 2.05) is 0 Å². The standard InChI is InChI=1S/C25H36FN3O7/c1-15(28(6)24(33)36-25(3,4)5)22(31)27-21(16(2)34-7)23(32)29-13-20(12-18(29)14-30)35-19-10-8-17(26)9-11-19/h8-11,14-16,18,20-21H,12-13H2,1-7H3,(H,27,31). The van der Waals surface area contributed by atoms with Gasteiger partial charge in [0.25, 0.3) is 0 Å². The van der Waals surface area contributed by atoms with Crippen LogP contribution in [0.4, 0.5) is 9.18 Å². The summed E-state index contributed by atoms with van der Waals surface area (Å²) in [5.74, 6) is -1.11. The fourth-order valence-corrected chi connectivity index (χ4v) is 3.64. The molecular formula is C25H36FN3O7. The van der Waals surface area contributed by atoms with E-state index in [1.54, 1.807) is 27.7 Å². The highest BCUT2D eigenvalue weighted by atomic mass is 19.1. The van der Waals surface area contributed by atoms with Crippen LogP contribution in [0.1, 0.15) is 41.0 Å². The van der Waals surface area contributed by atoms with Gasteiger partial charge in [-0.1, -0.05) is 0 Å². The molecule has 5 unspecified atom stereocenters. The molecule has 1 fully saturated rings. The number of rotatable bonds is 9. The van der Waals surface area contributed by atoms with Crippen LogP contribution in [0.15, 0.2) is 24.3 Å². The predicted octanol–water partition coefficient (Wildman–Crippen LogP) is 2.15. The molecule has 200 valence electrons. The van der Waals surface area contributed by atoms with E-state index in [4.69, 9.17) is 14.2 Å². The number of benzene rings is 1. The third kappa shape index (κ3) is 7.64. The molecule has 2 rings (SSSR count). The Kier molecular flexibility index (Phi) is 9.80. The molecule has 36 heavy (non-hydrogen) atoms. The molecule has 0 spiro atoms. The number of carbonyl (C=O) groups excluding carboxylic acids is 4. The monoisotopic (exact) mass is 509 g/mol. The number of halogens is 1. The van der Waals surface area contributed by atoms with Gasteiger partial charge < -0.3 is 29.2 Å². The van der Waals surface area contributed by atoms with Crippen LogP contribution in [0.2, 0.25) is 0 Å². The lowest BCUT2D eigenvalue weighted by molar-refractivity contribution is -0.143. The lowest BCUT2D eigenvalue weighted by Gasteiger charge is -2.32. The summed E-state index contributed by atoms with van der Waals surface area (Å²) in [6, 6.07) is 2.60. The normalized spacial score (nSPS) is 20.2. The summed E-state index contributed by atoms with van der Waals surface area (Å²) in [5, 5.41) is 2.66. The van der Waals surface area contributed by atoms with Gasteiger partial charge in [0, 0.05) is 20.6 Å². The molecular weight excluding hydrogens is 473 g/mol. The van der Waals surface area contributed by atoms with E-state index in [1.165, 1.54) is 50.2 Å². The van der Waals surface area contributed by atoms with E-state index in [2.05, 4.69) is 5.32 Å². The summed E-state index contributed by atoms with van der Waals surface area (Å²) in [7, 11) is 2.82. The first-order chi connectivity index (χ1) is 16.8. The van der Waals surface area contributed by atoms with Gasteiger partial charge in [-0.25, -0.2) is 9.18 Å². The van der Waals surface area contributed by atoms with Crippen LogP contribution in [0.5, 0.6) is 5.75 Å². The van der Waals surface area contributed by atoms with Crippen LogP contribution in [-0.4, -0.2) is 90.6 Å². The largest absolute Gasteiger partial charge is 0.488 e. The minimum atomic E-state index is -1.12. The molecule has 1 aliphatic rings. The molecule has 0 saturated carbocycles. The molecule has 1 N–H and O–H groups in total. The molecule has 1 aromatic carbocycles. The van der Waals surface area contributed by atoms with Gasteiger partial charge >= 0.3 is 6.09 Å². The van der Waals surface area contributed by atoms with Gasteiger partial charge in [-0.3, -0.25) is 14.5 Å². The lowest BCUT2D eigenvalue weighted by Crippen LogP contribution is -2.58. The Bertz CT molecular complexity index is 935. The van der Waals surface area contributed by atoms with Crippen LogP contribution >= 0.6 is 0 Å². The number of methoxy groups -OCH3 is 1. The van der Waals surface area contributed by atoms with Crippen molar-refractivity contribution in [3.8, 4) is 5.75 Å². The first-order valence-corrected chi connectivity index (χ1v) is 11.7. The van der Waals surface area contributed by atoms with E-state index in [0.717, 1.165) is 4.90 Å². The maximum absolute atomic E-state index is 13.5. The molecule has 0 aromatic heterocycles. The van der Waals surface area contributed by atoms with Crippen molar-refractivity contribution in [1.82, 2.24) is 15.1 Å². The molecule has 3 amide bonds. The van der Waals surface area contributed by atoms with Crippen molar-refractivity contribution in [3.05, 3.63) is 30.1 Å². The zero-order valence-electron chi connectivity index (χ0n) is 21.8. The van der Waals surface area contributed by atoms with E-state index >= 15 is 0 Å². The maximum atomic E-state index is 13.5. The number of hydrogen-bond acceptors (Lipinski definition) is 7. The number of aldehydes is 1. The van der Waals surface area contributed by atoms with Crippen molar-refractivity contribution in [2.24, 2.45) is 0 Å². The summed E-state index contributed by atoms with van der Waals surface area (Å²) >= 11 is 0. The van der Waals surface area contributed by atoms with Crippen molar-refractivity contribution in [2.45, 2.75) is 77.0 Å². The van der Waals surface area contributed by atoms with Crippen LogP contribution in [0, 0.1) is 5.82 Å². The fraction of sp³-hybridized carbons (Fsp3) is 0.600. The molecule has 1 aliphatic heterocycles. The number of hydrogen-bond donors (Lipinski definition) is 1. The minimum absolute atomic E-state index is 0.0930. The first-order valence-electron chi connectivity index (χ1n) is 11.7. The fourth-order valence-electron chi connectivity index (χ4n) is 3.64. The molecule has 1 heterocycles. The zero-order chi connectivity index (χ0) is 27.2. The quantitative estimate of drug-likeness (QED) is 0.508. The van der Waals surface area contributed by atoms with Gasteiger partial charge in [-0.05, 0) is 58.9 Å². The molecule has 10 nitrogen and oxygen atoms in total. The van der Waals surface area contributed by atoms with Gasteiger partial charge in [0.2, 0.25) is 11.8 Å². The molecule has 0 radical (unpaired) electrons. The molecule has 1 aromatic rings. The number of amides is 3. The van der Waals surface area contributed by atoms with Crippen molar-refractivity contribution < 1.29 is 37.8 Å². The Hall–Kier alpha value is -3.21. The Balaban J connectivity index is 2.13. The van der Waals surface area contributed by atoms with Crippen molar-refractivity contribution in [1.29, 1.82) is 0 Å². The molecule has 0 aliphatic carbocycles. The zero-order valence-corrected chi connectivity index (χ0v) is 21.8. The highest BCUT2D eigenvalue weighted by Crippen LogP contribution is 2.24. The third-order valence-corrected chi connectivity index (χ3v) is 5.91. The van der Waals surface area contributed by atoms with Crippen molar-refractivity contribution in [2.75, 3.05) is 20.7 Å². The minimum Gasteiger partial charge on any atom is -0.488 e. The van der Waals surface area contributed by atoms with E-state index in [-0.39, 0.29) is 13.0 Å². The number of likely N-dealkylation sites (N-methyl/N-ethyl adjacent to an activating group) is 1. The number of carbonyl (C=O) groups is 4. The average Bonchev–Trinajstić information content (AvgIpc) is 3.23. The number of likely N-dealkylation sites (tertiary alicyclic amines) is 1. The van der Waals surface area contributed by atoms with E-state index < -0.39 is 59.7 Å². The molecule has 5 atom stereocenters. The Morgan fingerprint density at radius 2 is 1.81 bits per heavy atom. The SMILES string of the molecule is COC(C)C(NC(=O)C(C)N(C)C(=O)OC(C)(C)C)C(=O)N1CC(Oc2ccc(F)cc2)CC1C=O. The second-order valence-electron chi connectivity index (χ2n) is 9.82. The summed E-state index contributed by atoms with van der Waals surface area (Å²) in [4.78, 5) is 53.0. The van der Waals surface area contributed by atoms with Crippen molar-refractivity contribution >= 4 is 24.2 Å². The third-order valence-electron chi connectivity index (χ3n) is 5.91. The topological polar surface area (TPSA) is 114 Å². The average molecular weight is 510 g/mol. The van der Waals surface area contributed by atoms with Gasteiger partial charge in [0.1, 0.15) is 41.6 Å². The molecule has 0 bridgehead atoms. The van der Waals surface area contributed by atoms with Crippen molar-refractivity contribution in [3.63, 3.8) is 0 Å². The predicted molar refractivity (Wildman–Crippen MR) is 129 cm³/mol. The van der Waals surface area contributed by atoms with Crippen LogP contribution < -0.4 is 10.1 Å². The summed E-state index contributed by atoms with van der Waals surface area (Å²) in [5.41, 5.74) is -0.739. The Morgan fingerprint density at radius 1 is 1.19 bits per heavy atom. The highest BCUT2D eigenvalue weighted by Gasteiger charge is 2.42. The van der Waals surface area contributed by atoms with Gasteiger partial charge in [0.05, 0.1) is 18.7 Å². The first kappa shape index (κ1) is 29.0. The Labute approximate surface area is 211 Å². The van der Waals surface area contributed by atoms with Crippen LogP contribution in [-0.2, 0) is 23.9 Å². The van der Waals surface area contributed by atoms with Gasteiger partial charge in [-0.2, -0.15) is 0 Å². The lowest BCUT2D eigenvalue weighted by atomic mass is 10.1. The Morgan fingerprint density at radius 3 is 2.33 bits per heavy atom. The van der Waals surface area contributed by atoms with E-state index in [9.17, 15) is 23.6 Å². The van der Waals surface area contributed by atoms with Crippen LogP contribution in [0.3, 0.4) is 0 Å². The van der Waals surface area contributed by atoms with Crippen LogP contribution in [0.25, 0.3) is 0 Å². The number of ether oxygens (including phenoxy) is 3. The summed E-state index contributed by atoms with van der Waals surface area (Å²) in [6.07, 6.45) is -1.02. The summed E-state index contributed by atoms with van der Waals surface area (Å²) < 4.78 is 29.6. The number of nitrogens with one attached hydrogen (secondary N) is 1. The second kappa shape index (κ2) is 12.2. The van der Waals surface area contributed by atoms with Gasteiger partial charge in [0.15, 0.2) is 0 Å². The maximum Gasteiger partial charge on any atom is 0.410 e. The number of nitrogens with zero attached hydrogens (tertiary/aromatic N) is 2. The second-order valence-corrected chi connectivity index (χ2v) is 9.82.